The van der Waals surface area contributed by atoms with Crippen LogP contribution in [0.2, 0.25) is 0 Å². The van der Waals surface area contributed by atoms with E-state index in [0.29, 0.717) is 0 Å². The van der Waals surface area contributed by atoms with Crippen LogP contribution in [0.25, 0.3) is 0 Å². The van der Waals surface area contributed by atoms with Gasteiger partial charge >= 0.3 is 0 Å². The van der Waals surface area contributed by atoms with Crippen LogP contribution >= 0.6 is 0 Å². The van der Waals surface area contributed by atoms with Crippen molar-refractivity contribution in [1.82, 2.24) is 0 Å². The molecule has 1 aromatic rings. The molecule has 2 heteroatoms. The summed E-state index contributed by atoms with van der Waals surface area (Å²) >= 11 is 0. The van der Waals surface area contributed by atoms with E-state index in [1.807, 2.05) is 6.08 Å². The van der Waals surface area contributed by atoms with Crippen molar-refractivity contribution < 1.29 is 0 Å². The van der Waals surface area contributed by atoms with Crippen molar-refractivity contribution >= 4 is 5.69 Å². The van der Waals surface area contributed by atoms with Crippen LogP contribution in [0.5, 0.6) is 0 Å². The van der Waals surface area contributed by atoms with E-state index in [-0.39, 0.29) is 0 Å². The summed E-state index contributed by atoms with van der Waals surface area (Å²) in [5, 5.41) is 8.86. The molecular formula is C15H18N2. The molecule has 0 amide bonds. The number of benzene rings is 1. The summed E-state index contributed by atoms with van der Waals surface area (Å²) in [5.74, 6) is 0. The summed E-state index contributed by atoms with van der Waals surface area (Å²) in [7, 11) is 0. The zero-order valence-corrected chi connectivity index (χ0v) is 10.7. The maximum Gasteiger partial charge on any atom is 0.0945 e. The molecular weight excluding hydrogens is 208 g/mol. The van der Waals surface area contributed by atoms with Crippen molar-refractivity contribution in [3.05, 3.63) is 40.5 Å². The van der Waals surface area contributed by atoms with Gasteiger partial charge in [-0.2, -0.15) is 5.26 Å². The second-order valence-corrected chi connectivity index (χ2v) is 4.78. The number of rotatable bonds is 1. The molecule has 0 N–H and O–H groups in total. The van der Waals surface area contributed by atoms with E-state index in [1.165, 1.54) is 22.4 Å². The van der Waals surface area contributed by atoms with E-state index in [9.17, 15) is 0 Å². The van der Waals surface area contributed by atoms with Crippen LogP contribution in [-0.2, 0) is 0 Å². The lowest BCUT2D eigenvalue weighted by Crippen LogP contribution is -2.29. The number of hydrogen-bond acceptors (Lipinski definition) is 2. The van der Waals surface area contributed by atoms with E-state index >= 15 is 0 Å². The lowest BCUT2D eigenvalue weighted by Gasteiger charge is -2.30. The van der Waals surface area contributed by atoms with Crippen molar-refractivity contribution in [3.63, 3.8) is 0 Å². The van der Waals surface area contributed by atoms with Gasteiger partial charge < -0.3 is 4.90 Å². The highest BCUT2D eigenvalue weighted by molar-refractivity contribution is 5.61. The first kappa shape index (κ1) is 11.7. The average molecular weight is 226 g/mol. The molecule has 0 fully saturated rings. The zero-order chi connectivity index (χ0) is 12.4. The molecule has 0 aliphatic carbocycles. The fraction of sp³-hybridized carbons (Fsp3) is 0.400. The summed E-state index contributed by atoms with van der Waals surface area (Å²) in [6, 6.07) is 6.70. The fourth-order valence-electron chi connectivity index (χ4n) is 2.64. The van der Waals surface area contributed by atoms with Gasteiger partial charge in [-0.05, 0) is 38.3 Å². The van der Waals surface area contributed by atoms with Crippen molar-refractivity contribution in [1.29, 1.82) is 5.26 Å². The molecule has 1 heterocycles. The number of hydrogen-bond donors (Lipinski definition) is 0. The second kappa shape index (κ2) is 4.63. The maximum atomic E-state index is 8.86. The van der Waals surface area contributed by atoms with Gasteiger partial charge in [-0.25, -0.2) is 0 Å². The molecule has 1 aliphatic heterocycles. The van der Waals surface area contributed by atoms with E-state index in [0.717, 1.165) is 25.1 Å². The van der Waals surface area contributed by atoms with Crippen LogP contribution in [0, 0.1) is 32.1 Å². The minimum absolute atomic E-state index is 0.855. The van der Waals surface area contributed by atoms with Crippen LogP contribution in [0.1, 0.15) is 23.1 Å². The summed E-state index contributed by atoms with van der Waals surface area (Å²) in [6.07, 6.45) is 2.91. The standard InChI is InChI=1S/C15H18N2/c1-11-8-12(2)15(13(3)9-11)17-6-4-14(10-16)5-7-17/h4,8-9H,5-7H2,1-3H3. The number of anilines is 1. The van der Waals surface area contributed by atoms with Crippen LogP contribution in [-0.4, -0.2) is 13.1 Å². The Hall–Kier alpha value is -1.75. The summed E-state index contributed by atoms with van der Waals surface area (Å²) in [6.45, 7) is 8.27. The third-order valence-corrected chi connectivity index (χ3v) is 3.30. The Balaban J connectivity index is 2.31. The first-order valence-corrected chi connectivity index (χ1v) is 6.03. The molecule has 0 saturated heterocycles. The Kier molecular flexibility index (Phi) is 3.19. The molecule has 2 rings (SSSR count). The SMILES string of the molecule is Cc1cc(C)c(N2CC=C(C#N)CC2)c(C)c1. The topological polar surface area (TPSA) is 27.0 Å². The first-order chi connectivity index (χ1) is 8.11. The van der Waals surface area contributed by atoms with Gasteiger partial charge in [0.2, 0.25) is 0 Å². The molecule has 2 nitrogen and oxygen atoms in total. The molecule has 0 bridgehead atoms. The Labute approximate surface area is 103 Å². The van der Waals surface area contributed by atoms with Gasteiger partial charge in [-0.3, -0.25) is 0 Å². The van der Waals surface area contributed by atoms with Gasteiger partial charge in [-0.1, -0.05) is 23.8 Å². The van der Waals surface area contributed by atoms with E-state index in [4.69, 9.17) is 5.26 Å². The van der Waals surface area contributed by atoms with Gasteiger partial charge in [0.1, 0.15) is 0 Å². The van der Waals surface area contributed by atoms with E-state index < -0.39 is 0 Å². The number of nitrogens with zero attached hydrogens (tertiary/aromatic N) is 2. The van der Waals surface area contributed by atoms with Crippen LogP contribution < -0.4 is 4.90 Å². The molecule has 0 spiro atoms. The van der Waals surface area contributed by atoms with Gasteiger partial charge in [0.15, 0.2) is 0 Å². The summed E-state index contributed by atoms with van der Waals surface area (Å²) in [5.41, 5.74) is 6.23. The van der Waals surface area contributed by atoms with Crippen LogP contribution in [0.4, 0.5) is 5.69 Å². The lowest BCUT2D eigenvalue weighted by atomic mass is 10.0. The Bertz CT molecular complexity index is 483. The second-order valence-electron chi connectivity index (χ2n) is 4.78. The molecule has 0 atom stereocenters. The predicted octanol–water partition coefficient (Wildman–Crippen LogP) is 3.27. The monoisotopic (exact) mass is 226 g/mol. The van der Waals surface area contributed by atoms with Crippen molar-refractivity contribution in [2.24, 2.45) is 0 Å². The van der Waals surface area contributed by atoms with E-state index in [2.05, 4.69) is 43.9 Å². The van der Waals surface area contributed by atoms with Gasteiger partial charge in [0.25, 0.3) is 0 Å². The van der Waals surface area contributed by atoms with Crippen LogP contribution in [0.3, 0.4) is 0 Å². The van der Waals surface area contributed by atoms with Crippen LogP contribution in [0.15, 0.2) is 23.8 Å². The Morgan fingerprint density at radius 1 is 1.18 bits per heavy atom. The Morgan fingerprint density at radius 2 is 1.82 bits per heavy atom. The summed E-state index contributed by atoms with van der Waals surface area (Å²) < 4.78 is 0. The first-order valence-electron chi connectivity index (χ1n) is 6.03. The molecule has 1 aromatic carbocycles. The smallest absolute Gasteiger partial charge is 0.0945 e. The van der Waals surface area contributed by atoms with Crippen molar-refractivity contribution in [2.75, 3.05) is 18.0 Å². The highest BCUT2D eigenvalue weighted by Gasteiger charge is 2.15. The highest BCUT2D eigenvalue weighted by atomic mass is 15.1. The largest absolute Gasteiger partial charge is 0.367 e. The minimum Gasteiger partial charge on any atom is -0.367 e. The minimum atomic E-state index is 0.855. The fourth-order valence-corrected chi connectivity index (χ4v) is 2.64. The average Bonchev–Trinajstić information content (AvgIpc) is 2.28. The van der Waals surface area contributed by atoms with Crippen molar-refractivity contribution in [3.8, 4) is 6.07 Å². The molecule has 17 heavy (non-hydrogen) atoms. The molecule has 1 aliphatic rings. The van der Waals surface area contributed by atoms with E-state index in [1.54, 1.807) is 0 Å². The third-order valence-electron chi connectivity index (χ3n) is 3.30. The zero-order valence-electron chi connectivity index (χ0n) is 10.7. The van der Waals surface area contributed by atoms with Gasteiger partial charge in [-0.15, -0.1) is 0 Å². The quantitative estimate of drug-likeness (QED) is 0.735. The lowest BCUT2D eigenvalue weighted by molar-refractivity contribution is 0.796. The number of nitriles is 1. The molecule has 0 unspecified atom stereocenters. The maximum absolute atomic E-state index is 8.86. The Morgan fingerprint density at radius 3 is 2.29 bits per heavy atom. The summed E-state index contributed by atoms with van der Waals surface area (Å²) in [4.78, 5) is 2.37. The predicted molar refractivity (Wildman–Crippen MR) is 71.2 cm³/mol. The normalized spacial score (nSPS) is 15.4. The third kappa shape index (κ3) is 2.34. The van der Waals surface area contributed by atoms with Crippen molar-refractivity contribution in [2.45, 2.75) is 27.2 Å². The number of aryl methyl sites for hydroxylation is 3. The van der Waals surface area contributed by atoms with Gasteiger partial charge in [0.05, 0.1) is 6.07 Å². The highest BCUT2D eigenvalue weighted by Crippen LogP contribution is 2.28. The molecule has 88 valence electrons. The molecule has 0 radical (unpaired) electrons. The molecule has 0 saturated carbocycles. The van der Waals surface area contributed by atoms with Gasteiger partial charge in [0, 0.05) is 24.4 Å². The molecule has 0 aromatic heterocycles.